The second-order valence-corrected chi connectivity index (χ2v) is 7.09. The monoisotopic (exact) mass is 261 g/mol. The van der Waals surface area contributed by atoms with Crippen molar-refractivity contribution in [1.29, 1.82) is 0 Å². The molecule has 1 saturated carbocycles. The van der Waals surface area contributed by atoms with Crippen LogP contribution in [0.25, 0.3) is 0 Å². The lowest BCUT2D eigenvalue weighted by Gasteiger charge is -2.36. The molecular weight excluding hydrogens is 234 g/mol. The van der Waals surface area contributed by atoms with Gasteiger partial charge in [0.15, 0.2) is 0 Å². The SMILES string of the molecule is CC1CCC(CNC(C)(C)C)C(c2cncnc2)C1. The van der Waals surface area contributed by atoms with E-state index in [1.807, 2.05) is 12.4 Å². The van der Waals surface area contributed by atoms with E-state index in [1.165, 1.54) is 24.8 Å². The first-order chi connectivity index (χ1) is 8.96. The van der Waals surface area contributed by atoms with Gasteiger partial charge in [-0.1, -0.05) is 13.3 Å². The number of nitrogens with zero attached hydrogens (tertiary/aromatic N) is 2. The average Bonchev–Trinajstić information content (AvgIpc) is 2.37. The van der Waals surface area contributed by atoms with Gasteiger partial charge < -0.3 is 5.32 Å². The van der Waals surface area contributed by atoms with Crippen LogP contribution in [0.3, 0.4) is 0 Å². The molecule has 0 aromatic carbocycles. The highest BCUT2D eigenvalue weighted by Gasteiger charge is 2.30. The van der Waals surface area contributed by atoms with Gasteiger partial charge in [-0.3, -0.25) is 0 Å². The highest BCUT2D eigenvalue weighted by molar-refractivity contribution is 5.13. The first-order valence-corrected chi connectivity index (χ1v) is 7.45. The Morgan fingerprint density at radius 3 is 2.53 bits per heavy atom. The molecule has 0 bridgehead atoms. The molecule has 1 N–H and O–H groups in total. The molecule has 3 nitrogen and oxygen atoms in total. The Labute approximate surface area is 117 Å². The third kappa shape index (κ3) is 4.27. The van der Waals surface area contributed by atoms with Crippen molar-refractivity contribution in [2.75, 3.05) is 6.54 Å². The van der Waals surface area contributed by atoms with Crippen LogP contribution in [0.15, 0.2) is 18.7 Å². The van der Waals surface area contributed by atoms with Gasteiger partial charge in [0.05, 0.1) is 0 Å². The van der Waals surface area contributed by atoms with Gasteiger partial charge in [-0.15, -0.1) is 0 Å². The van der Waals surface area contributed by atoms with E-state index < -0.39 is 0 Å². The highest BCUT2D eigenvalue weighted by atomic mass is 14.9. The van der Waals surface area contributed by atoms with E-state index in [1.54, 1.807) is 6.33 Å². The maximum absolute atomic E-state index is 4.20. The van der Waals surface area contributed by atoms with Crippen LogP contribution in [0, 0.1) is 11.8 Å². The van der Waals surface area contributed by atoms with E-state index >= 15 is 0 Å². The van der Waals surface area contributed by atoms with Gasteiger partial charge in [0.2, 0.25) is 0 Å². The van der Waals surface area contributed by atoms with Crippen molar-refractivity contribution in [1.82, 2.24) is 15.3 Å². The predicted octanol–water partition coefficient (Wildman–Crippen LogP) is 3.38. The summed E-state index contributed by atoms with van der Waals surface area (Å²) in [5.41, 5.74) is 1.51. The molecule has 1 aliphatic carbocycles. The Balaban J connectivity index is 2.07. The largest absolute Gasteiger partial charge is 0.312 e. The van der Waals surface area contributed by atoms with Crippen molar-refractivity contribution >= 4 is 0 Å². The Bertz CT molecular complexity index is 383. The lowest BCUT2D eigenvalue weighted by molar-refractivity contribution is 0.226. The minimum atomic E-state index is 0.195. The lowest BCUT2D eigenvalue weighted by atomic mass is 9.72. The Kier molecular flexibility index (Phi) is 4.56. The summed E-state index contributed by atoms with van der Waals surface area (Å²) in [7, 11) is 0. The number of rotatable bonds is 3. The molecule has 0 amide bonds. The van der Waals surface area contributed by atoms with E-state index in [2.05, 4.69) is 43.0 Å². The molecule has 2 rings (SSSR count). The normalized spacial score (nSPS) is 28.3. The van der Waals surface area contributed by atoms with Gasteiger partial charge in [0.1, 0.15) is 6.33 Å². The number of hydrogen-bond acceptors (Lipinski definition) is 3. The van der Waals surface area contributed by atoms with Crippen LogP contribution in [0.5, 0.6) is 0 Å². The molecule has 1 aromatic rings. The van der Waals surface area contributed by atoms with Gasteiger partial charge in [0.25, 0.3) is 0 Å². The van der Waals surface area contributed by atoms with Crippen molar-refractivity contribution in [3.8, 4) is 0 Å². The minimum Gasteiger partial charge on any atom is -0.312 e. The fourth-order valence-electron chi connectivity index (χ4n) is 3.04. The van der Waals surface area contributed by atoms with Crippen molar-refractivity contribution in [2.24, 2.45) is 11.8 Å². The fraction of sp³-hybridized carbons (Fsp3) is 0.750. The van der Waals surface area contributed by atoms with E-state index in [-0.39, 0.29) is 5.54 Å². The Morgan fingerprint density at radius 2 is 1.89 bits per heavy atom. The molecule has 3 unspecified atom stereocenters. The molecule has 0 saturated heterocycles. The topological polar surface area (TPSA) is 37.8 Å². The van der Waals surface area contributed by atoms with Crippen LogP contribution in [-0.4, -0.2) is 22.1 Å². The highest BCUT2D eigenvalue weighted by Crippen LogP contribution is 2.39. The molecule has 19 heavy (non-hydrogen) atoms. The Hall–Kier alpha value is -0.960. The first kappa shape index (κ1) is 14.4. The predicted molar refractivity (Wildman–Crippen MR) is 79.0 cm³/mol. The third-order valence-corrected chi connectivity index (χ3v) is 4.16. The first-order valence-electron chi connectivity index (χ1n) is 7.45. The second kappa shape index (κ2) is 6.00. The fourth-order valence-corrected chi connectivity index (χ4v) is 3.04. The van der Waals surface area contributed by atoms with Crippen LogP contribution in [0.4, 0.5) is 0 Å². The van der Waals surface area contributed by atoms with Crippen molar-refractivity contribution in [2.45, 2.75) is 58.4 Å². The summed E-state index contributed by atoms with van der Waals surface area (Å²) in [6.07, 6.45) is 9.55. The van der Waals surface area contributed by atoms with Crippen molar-refractivity contribution in [3.63, 3.8) is 0 Å². The number of hydrogen-bond donors (Lipinski definition) is 1. The summed E-state index contributed by atoms with van der Waals surface area (Å²) in [4.78, 5) is 8.39. The summed E-state index contributed by atoms with van der Waals surface area (Å²) in [5, 5.41) is 3.67. The zero-order valence-corrected chi connectivity index (χ0v) is 12.7. The zero-order chi connectivity index (χ0) is 13.9. The number of nitrogens with one attached hydrogen (secondary N) is 1. The minimum absolute atomic E-state index is 0.195. The molecule has 1 aromatic heterocycles. The van der Waals surface area contributed by atoms with Gasteiger partial charge in [0, 0.05) is 17.9 Å². The molecule has 1 aliphatic rings. The number of aromatic nitrogens is 2. The maximum atomic E-state index is 4.20. The molecule has 106 valence electrons. The van der Waals surface area contributed by atoms with Gasteiger partial charge in [-0.2, -0.15) is 0 Å². The van der Waals surface area contributed by atoms with E-state index in [0.717, 1.165) is 12.5 Å². The Morgan fingerprint density at radius 1 is 1.21 bits per heavy atom. The van der Waals surface area contributed by atoms with Crippen LogP contribution < -0.4 is 5.32 Å². The van der Waals surface area contributed by atoms with Crippen LogP contribution in [-0.2, 0) is 0 Å². The molecular formula is C16H27N3. The van der Waals surface area contributed by atoms with E-state index in [4.69, 9.17) is 0 Å². The molecule has 0 aliphatic heterocycles. The summed E-state index contributed by atoms with van der Waals surface area (Å²) in [6.45, 7) is 10.2. The molecule has 0 spiro atoms. The average molecular weight is 261 g/mol. The standard InChI is InChI=1S/C16H27N3/c1-12-5-6-13(10-19-16(2,3)4)15(7-12)14-8-17-11-18-9-14/h8-9,11-13,15,19H,5-7,10H2,1-4H3. The maximum Gasteiger partial charge on any atom is 0.115 e. The summed E-state index contributed by atoms with van der Waals surface area (Å²) in [5.74, 6) is 2.14. The van der Waals surface area contributed by atoms with Crippen LogP contribution >= 0.6 is 0 Å². The van der Waals surface area contributed by atoms with Gasteiger partial charge in [-0.05, 0) is 63.5 Å². The lowest BCUT2D eigenvalue weighted by Crippen LogP contribution is -2.41. The molecule has 1 fully saturated rings. The van der Waals surface area contributed by atoms with E-state index in [9.17, 15) is 0 Å². The summed E-state index contributed by atoms with van der Waals surface area (Å²) >= 11 is 0. The van der Waals surface area contributed by atoms with Gasteiger partial charge >= 0.3 is 0 Å². The van der Waals surface area contributed by atoms with Crippen molar-refractivity contribution < 1.29 is 0 Å². The zero-order valence-electron chi connectivity index (χ0n) is 12.7. The van der Waals surface area contributed by atoms with Crippen LogP contribution in [0.1, 0.15) is 58.4 Å². The molecule has 3 atom stereocenters. The quantitative estimate of drug-likeness (QED) is 0.906. The van der Waals surface area contributed by atoms with Crippen LogP contribution in [0.2, 0.25) is 0 Å². The second-order valence-electron chi connectivity index (χ2n) is 7.09. The van der Waals surface area contributed by atoms with E-state index in [0.29, 0.717) is 11.8 Å². The third-order valence-electron chi connectivity index (χ3n) is 4.16. The summed E-state index contributed by atoms with van der Waals surface area (Å²) < 4.78 is 0. The molecule has 1 heterocycles. The smallest absolute Gasteiger partial charge is 0.115 e. The van der Waals surface area contributed by atoms with Gasteiger partial charge in [-0.25, -0.2) is 9.97 Å². The molecule has 0 radical (unpaired) electrons. The summed E-state index contributed by atoms with van der Waals surface area (Å²) in [6, 6.07) is 0. The van der Waals surface area contributed by atoms with Crippen molar-refractivity contribution in [3.05, 3.63) is 24.3 Å². The molecule has 3 heteroatoms.